The summed E-state index contributed by atoms with van der Waals surface area (Å²) in [4.78, 5) is 0. The summed E-state index contributed by atoms with van der Waals surface area (Å²) < 4.78 is 10.8. The second-order valence-electron chi connectivity index (χ2n) is 6.92. The van der Waals surface area contributed by atoms with E-state index in [1.54, 1.807) is 0 Å². The first kappa shape index (κ1) is 20.9. The highest BCUT2D eigenvalue weighted by Crippen LogP contribution is 2.33. The first-order valence-electron chi connectivity index (χ1n) is 8.29. The van der Waals surface area contributed by atoms with Gasteiger partial charge in [0, 0.05) is 18.4 Å². The largest absolute Gasteiger partial charge is 0.396 e. The number of aliphatic hydroxyl groups is 8. The van der Waals surface area contributed by atoms with Crippen molar-refractivity contribution in [2.45, 2.75) is 48.6 Å². The first-order chi connectivity index (χ1) is 11.8. The highest BCUT2D eigenvalue weighted by Gasteiger charge is 2.54. The van der Waals surface area contributed by atoms with E-state index in [0.717, 1.165) is 0 Å². The summed E-state index contributed by atoms with van der Waals surface area (Å²) in [5.41, 5.74) is -1.61. The highest BCUT2D eigenvalue weighted by atomic mass is 16.6. The Morgan fingerprint density at radius 2 is 1.48 bits per heavy atom. The summed E-state index contributed by atoms with van der Waals surface area (Å²) in [6.45, 7) is -1.95. The maximum absolute atomic E-state index is 10.1. The molecule has 1 saturated heterocycles. The van der Waals surface area contributed by atoms with Crippen molar-refractivity contribution in [3.8, 4) is 0 Å². The van der Waals surface area contributed by atoms with E-state index in [4.69, 9.17) is 14.6 Å². The summed E-state index contributed by atoms with van der Waals surface area (Å²) >= 11 is 0. The topological polar surface area (TPSA) is 180 Å². The van der Waals surface area contributed by atoms with Gasteiger partial charge in [-0.15, -0.1) is 0 Å². The highest BCUT2D eigenvalue weighted by molar-refractivity contribution is 5.02. The van der Waals surface area contributed by atoms with E-state index in [9.17, 15) is 35.7 Å². The summed E-state index contributed by atoms with van der Waals surface area (Å²) in [6, 6.07) is 0. The maximum atomic E-state index is 10.1. The van der Waals surface area contributed by atoms with Gasteiger partial charge < -0.3 is 50.3 Å². The van der Waals surface area contributed by atoms with Gasteiger partial charge in [-0.2, -0.15) is 0 Å². The molecule has 0 radical (unpaired) electrons. The molecule has 148 valence electrons. The number of hydrogen-bond acceptors (Lipinski definition) is 10. The van der Waals surface area contributed by atoms with Gasteiger partial charge in [-0.25, -0.2) is 0 Å². The van der Waals surface area contributed by atoms with Gasteiger partial charge in [-0.05, 0) is 6.42 Å². The molecule has 8 N–H and O–H groups in total. The van der Waals surface area contributed by atoms with Crippen LogP contribution in [0.3, 0.4) is 0 Å². The molecule has 2 aliphatic rings. The van der Waals surface area contributed by atoms with Crippen LogP contribution in [0.2, 0.25) is 0 Å². The molecule has 10 nitrogen and oxygen atoms in total. The molecule has 2 rings (SSSR count). The monoisotopic (exact) mass is 368 g/mol. The Kier molecular flexibility index (Phi) is 7.13. The number of rotatable bonds is 7. The lowest BCUT2D eigenvalue weighted by Gasteiger charge is -2.40. The third kappa shape index (κ3) is 3.98. The Hall–Kier alpha value is -0.400. The predicted molar refractivity (Wildman–Crippen MR) is 81.3 cm³/mol. The summed E-state index contributed by atoms with van der Waals surface area (Å²) in [6.07, 6.45) is -7.59. The van der Waals surface area contributed by atoms with E-state index in [1.807, 2.05) is 0 Å². The summed E-state index contributed by atoms with van der Waals surface area (Å²) in [5.74, 6) is -1.18. The zero-order chi connectivity index (χ0) is 18.8. The van der Waals surface area contributed by atoms with E-state index in [1.165, 1.54) is 0 Å². The molecule has 0 aromatic heterocycles. The minimum atomic E-state index is -1.61. The molecular formula is C15H28O10. The number of hydrogen-bond donors (Lipinski definition) is 8. The fraction of sp³-hybridized carbons (Fsp3) is 1.00. The van der Waals surface area contributed by atoms with Crippen LogP contribution in [0.4, 0.5) is 0 Å². The zero-order valence-corrected chi connectivity index (χ0v) is 13.8. The van der Waals surface area contributed by atoms with Crippen LogP contribution in [0.25, 0.3) is 0 Å². The van der Waals surface area contributed by atoms with Crippen molar-refractivity contribution in [1.29, 1.82) is 0 Å². The lowest BCUT2D eigenvalue weighted by atomic mass is 9.76. The molecule has 2 fully saturated rings. The van der Waals surface area contributed by atoms with Crippen LogP contribution in [0.1, 0.15) is 6.42 Å². The molecule has 0 aromatic rings. The Balaban J connectivity index is 1.94. The van der Waals surface area contributed by atoms with Crippen molar-refractivity contribution in [2.75, 3.05) is 33.0 Å². The predicted octanol–water partition coefficient (Wildman–Crippen LogP) is -4.44. The zero-order valence-electron chi connectivity index (χ0n) is 13.8. The Bertz CT molecular complexity index is 421. The molecule has 25 heavy (non-hydrogen) atoms. The van der Waals surface area contributed by atoms with Crippen LogP contribution in [0, 0.1) is 11.8 Å². The van der Waals surface area contributed by atoms with Gasteiger partial charge in [-0.1, -0.05) is 0 Å². The van der Waals surface area contributed by atoms with Crippen molar-refractivity contribution in [2.24, 2.45) is 11.8 Å². The van der Waals surface area contributed by atoms with E-state index in [2.05, 4.69) is 0 Å². The molecule has 10 heteroatoms. The van der Waals surface area contributed by atoms with Gasteiger partial charge in [0.25, 0.3) is 0 Å². The fourth-order valence-electron chi connectivity index (χ4n) is 3.56. The van der Waals surface area contributed by atoms with Crippen LogP contribution in [-0.2, 0) is 9.47 Å². The quantitative estimate of drug-likeness (QED) is 0.218. The average molecular weight is 368 g/mol. The third-order valence-electron chi connectivity index (χ3n) is 5.26. The second kappa shape index (κ2) is 8.53. The minimum Gasteiger partial charge on any atom is -0.396 e. The SMILES string of the molecule is OCC1CC(COCC2(CO)OC(CO)C(O)C2O)C(O)C(O)C1O. The van der Waals surface area contributed by atoms with E-state index >= 15 is 0 Å². The van der Waals surface area contributed by atoms with Gasteiger partial charge in [0.15, 0.2) is 0 Å². The number of aliphatic hydroxyl groups excluding tert-OH is 8. The normalized spacial score (nSPS) is 48.0. The van der Waals surface area contributed by atoms with Crippen LogP contribution < -0.4 is 0 Å². The van der Waals surface area contributed by atoms with Gasteiger partial charge in [0.05, 0.1) is 38.6 Å². The molecule has 1 heterocycles. The lowest BCUT2D eigenvalue weighted by molar-refractivity contribution is -0.175. The van der Waals surface area contributed by atoms with E-state index in [-0.39, 0.29) is 26.2 Å². The third-order valence-corrected chi connectivity index (χ3v) is 5.26. The summed E-state index contributed by atoms with van der Waals surface area (Å²) in [7, 11) is 0. The van der Waals surface area contributed by atoms with Crippen LogP contribution >= 0.6 is 0 Å². The lowest BCUT2D eigenvalue weighted by Crippen LogP contribution is -2.54. The van der Waals surface area contributed by atoms with Crippen molar-refractivity contribution in [3.63, 3.8) is 0 Å². The molecule has 1 aliphatic heterocycles. The standard InChI is InChI=1S/C15H28O10/c16-2-7-1-8(11(20)13(22)10(7)19)4-24-6-15(5-18)14(23)12(21)9(3-17)25-15/h7-14,16-23H,1-6H2. The Morgan fingerprint density at radius 1 is 0.840 bits per heavy atom. The molecule has 0 amide bonds. The molecule has 9 atom stereocenters. The Labute approximate surface area is 144 Å². The second-order valence-corrected chi connectivity index (χ2v) is 6.92. The van der Waals surface area contributed by atoms with Gasteiger partial charge >= 0.3 is 0 Å². The average Bonchev–Trinajstić information content (AvgIpc) is 2.86. The molecule has 0 aromatic carbocycles. The number of ether oxygens (including phenoxy) is 2. The molecule has 1 saturated carbocycles. The van der Waals surface area contributed by atoms with Crippen LogP contribution in [0.5, 0.6) is 0 Å². The smallest absolute Gasteiger partial charge is 0.143 e. The van der Waals surface area contributed by atoms with Gasteiger partial charge in [-0.3, -0.25) is 0 Å². The molecule has 1 aliphatic carbocycles. The van der Waals surface area contributed by atoms with Gasteiger partial charge in [0.2, 0.25) is 0 Å². The van der Waals surface area contributed by atoms with E-state index < -0.39 is 67.3 Å². The van der Waals surface area contributed by atoms with Crippen molar-refractivity contribution in [3.05, 3.63) is 0 Å². The Morgan fingerprint density at radius 3 is 2.00 bits per heavy atom. The van der Waals surface area contributed by atoms with E-state index in [0.29, 0.717) is 0 Å². The molecule has 9 unspecified atom stereocenters. The van der Waals surface area contributed by atoms with Crippen molar-refractivity contribution >= 4 is 0 Å². The first-order valence-corrected chi connectivity index (χ1v) is 8.29. The van der Waals surface area contributed by atoms with Crippen molar-refractivity contribution < 1.29 is 50.3 Å². The van der Waals surface area contributed by atoms with Gasteiger partial charge in [0.1, 0.15) is 30.0 Å². The summed E-state index contributed by atoms with van der Waals surface area (Å²) in [5, 5.41) is 77.5. The van der Waals surface area contributed by atoms with Crippen molar-refractivity contribution in [1.82, 2.24) is 0 Å². The maximum Gasteiger partial charge on any atom is 0.143 e. The molecule has 0 bridgehead atoms. The van der Waals surface area contributed by atoms with Crippen LogP contribution in [-0.4, -0.2) is 116 Å². The molecule has 0 spiro atoms. The minimum absolute atomic E-state index is 0.0842. The fourth-order valence-corrected chi connectivity index (χ4v) is 3.56. The van der Waals surface area contributed by atoms with Crippen LogP contribution in [0.15, 0.2) is 0 Å². The molecular weight excluding hydrogens is 340 g/mol.